The van der Waals surface area contributed by atoms with Crippen molar-refractivity contribution in [1.29, 1.82) is 0 Å². The van der Waals surface area contributed by atoms with Crippen LogP contribution < -0.4 is 0 Å². The lowest BCUT2D eigenvalue weighted by Crippen LogP contribution is -2.42. The maximum absolute atomic E-state index is 14.2. The molecule has 0 bridgehead atoms. The Kier molecular flexibility index (Phi) is 5.92. The summed E-state index contributed by atoms with van der Waals surface area (Å²) in [6, 6.07) is 16.1. The highest BCUT2D eigenvalue weighted by Crippen LogP contribution is 2.37. The van der Waals surface area contributed by atoms with Gasteiger partial charge in [-0.2, -0.15) is 0 Å². The molecule has 0 aliphatic carbocycles. The van der Waals surface area contributed by atoms with Crippen LogP contribution in [0.4, 0.5) is 4.39 Å². The van der Waals surface area contributed by atoms with Gasteiger partial charge in [-0.05, 0) is 17.7 Å². The summed E-state index contributed by atoms with van der Waals surface area (Å²) in [6.45, 7) is 2.22. The fourth-order valence-electron chi connectivity index (χ4n) is 3.24. The summed E-state index contributed by atoms with van der Waals surface area (Å²) in [5, 5.41) is 8.50. The van der Waals surface area contributed by atoms with Crippen LogP contribution in [0.5, 0.6) is 0 Å². The van der Waals surface area contributed by atoms with Gasteiger partial charge < -0.3 is 14.2 Å². The van der Waals surface area contributed by atoms with Crippen molar-refractivity contribution < 1.29 is 13.9 Å². The quantitative estimate of drug-likeness (QED) is 0.602. The largest absolute Gasteiger partial charge is 0.378 e. The highest BCUT2D eigenvalue weighted by molar-refractivity contribution is 8.00. The average Bonchev–Trinajstić information content (AvgIpc) is 3.13. The minimum atomic E-state index is -0.467. The number of morpholine rings is 1. The highest BCUT2D eigenvalue weighted by atomic mass is 32.2. The van der Waals surface area contributed by atoms with Crippen LogP contribution in [-0.4, -0.2) is 51.9 Å². The van der Waals surface area contributed by atoms with Gasteiger partial charge in [-0.3, -0.25) is 4.79 Å². The molecule has 0 saturated carbocycles. The Hall–Kier alpha value is -2.71. The zero-order valence-corrected chi connectivity index (χ0v) is 16.8. The predicted molar refractivity (Wildman–Crippen MR) is 109 cm³/mol. The number of thioether (sulfide) groups is 1. The minimum Gasteiger partial charge on any atom is -0.378 e. The van der Waals surface area contributed by atoms with Crippen molar-refractivity contribution >= 4 is 17.7 Å². The lowest BCUT2D eigenvalue weighted by atomic mass is 10.1. The van der Waals surface area contributed by atoms with E-state index >= 15 is 0 Å². The Morgan fingerprint density at radius 2 is 1.76 bits per heavy atom. The number of benzene rings is 2. The van der Waals surface area contributed by atoms with Crippen molar-refractivity contribution in [3.8, 4) is 11.4 Å². The third-order valence-corrected chi connectivity index (χ3v) is 6.10. The van der Waals surface area contributed by atoms with E-state index in [0.29, 0.717) is 42.8 Å². The van der Waals surface area contributed by atoms with Gasteiger partial charge in [0.05, 0.1) is 18.8 Å². The summed E-state index contributed by atoms with van der Waals surface area (Å²) in [7, 11) is 1.78. The van der Waals surface area contributed by atoms with E-state index in [4.69, 9.17) is 4.74 Å². The zero-order valence-electron chi connectivity index (χ0n) is 16.0. The van der Waals surface area contributed by atoms with E-state index in [9.17, 15) is 9.18 Å². The Labute approximate surface area is 172 Å². The number of aromatic nitrogens is 3. The number of nitrogens with zero attached hydrogens (tertiary/aromatic N) is 4. The van der Waals surface area contributed by atoms with E-state index in [1.807, 2.05) is 35.2 Å². The van der Waals surface area contributed by atoms with Crippen molar-refractivity contribution in [3.05, 3.63) is 66.0 Å². The van der Waals surface area contributed by atoms with Gasteiger partial charge in [0.15, 0.2) is 11.0 Å². The number of ether oxygens (including phenoxy) is 1. The van der Waals surface area contributed by atoms with Crippen LogP contribution in [-0.2, 0) is 16.6 Å². The van der Waals surface area contributed by atoms with Crippen molar-refractivity contribution in [2.75, 3.05) is 26.3 Å². The molecule has 0 radical (unpaired) electrons. The van der Waals surface area contributed by atoms with Crippen LogP contribution in [0, 0.1) is 5.82 Å². The van der Waals surface area contributed by atoms with Gasteiger partial charge >= 0.3 is 0 Å². The fraction of sp³-hybridized carbons (Fsp3) is 0.286. The lowest BCUT2D eigenvalue weighted by molar-refractivity contribution is -0.134. The summed E-state index contributed by atoms with van der Waals surface area (Å²) in [5.41, 5.74) is 1.27. The molecular weight excluding hydrogens is 391 g/mol. The molecule has 1 aliphatic heterocycles. The van der Waals surface area contributed by atoms with E-state index in [1.165, 1.54) is 17.8 Å². The summed E-state index contributed by atoms with van der Waals surface area (Å²) in [6.07, 6.45) is 0. The van der Waals surface area contributed by atoms with Gasteiger partial charge in [0, 0.05) is 20.1 Å². The molecule has 8 heteroatoms. The molecule has 1 aliphatic rings. The Balaban J connectivity index is 1.65. The molecule has 1 saturated heterocycles. The molecule has 29 heavy (non-hydrogen) atoms. The first-order valence-corrected chi connectivity index (χ1v) is 10.3. The summed E-state index contributed by atoms with van der Waals surface area (Å²) in [5.74, 6) is 0.0831. The zero-order chi connectivity index (χ0) is 20.2. The molecule has 1 atom stereocenters. The van der Waals surface area contributed by atoms with Crippen LogP contribution in [0.2, 0.25) is 0 Å². The fourth-order valence-corrected chi connectivity index (χ4v) is 4.32. The molecule has 4 rings (SSSR count). The van der Waals surface area contributed by atoms with Crippen LogP contribution >= 0.6 is 11.8 Å². The standard InChI is InChI=1S/C21H21FN4O2S/c1-25-19(16-9-5-6-10-17(16)22)23-24-21(25)29-18(15-7-3-2-4-8-15)20(27)26-11-13-28-14-12-26/h2-10,18H,11-14H2,1H3/t18-/m1/s1. The third kappa shape index (κ3) is 4.18. The Bertz CT molecular complexity index is 989. The number of rotatable bonds is 5. The normalized spacial score (nSPS) is 15.3. The summed E-state index contributed by atoms with van der Waals surface area (Å²) < 4.78 is 21.3. The summed E-state index contributed by atoms with van der Waals surface area (Å²) >= 11 is 1.33. The molecule has 6 nitrogen and oxygen atoms in total. The first kappa shape index (κ1) is 19.6. The predicted octanol–water partition coefficient (Wildman–Crippen LogP) is 3.31. The highest BCUT2D eigenvalue weighted by Gasteiger charge is 2.30. The smallest absolute Gasteiger partial charge is 0.240 e. The van der Waals surface area contributed by atoms with Gasteiger partial charge in [-0.25, -0.2) is 4.39 Å². The molecule has 1 amide bonds. The molecule has 150 valence electrons. The minimum absolute atomic E-state index is 0.0138. The van der Waals surface area contributed by atoms with Gasteiger partial charge in [-0.15, -0.1) is 10.2 Å². The molecule has 1 fully saturated rings. The second kappa shape index (κ2) is 8.75. The molecule has 0 unspecified atom stereocenters. The van der Waals surface area contributed by atoms with Crippen LogP contribution in [0.1, 0.15) is 10.8 Å². The molecule has 2 heterocycles. The van der Waals surface area contributed by atoms with E-state index in [1.54, 1.807) is 29.8 Å². The van der Waals surface area contributed by atoms with E-state index in [0.717, 1.165) is 5.56 Å². The molecular formula is C21H21FN4O2S. The maximum Gasteiger partial charge on any atom is 0.240 e. The molecule has 0 N–H and O–H groups in total. The van der Waals surface area contributed by atoms with Crippen LogP contribution in [0.25, 0.3) is 11.4 Å². The van der Waals surface area contributed by atoms with Gasteiger partial charge in [0.2, 0.25) is 5.91 Å². The number of carbonyl (C=O) groups is 1. The Morgan fingerprint density at radius 3 is 2.48 bits per heavy atom. The van der Waals surface area contributed by atoms with Crippen LogP contribution in [0.15, 0.2) is 59.8 Å². The third-order valence-electron chi connectivity index (χ3n) is 4.82. The van der Waals surface area contributed by atoms with Gasteiger partial charge in [-0.1, -0.05) is 54.2 Å². The first-order valence-electron chi connectivity index (χ1n) is 9.37. The van der Waals surface area contributed by atoms with E-state index in [-0.39, 0.29) is 11.7 Å². The van der Waals surface area contributed by atoms with E-state index in [2.05, 4.69) is 10.2 Å². The van der Waals surface area contributed by atoms with E-state index < -0.39 is 5.25 Å². The second-order valence-electron chi connectivity index (χ2n) is 6.69. The molecule has 3 aromatic rings. The number of hydrogen-bond acceptors (Lipinski definition) is 5. The number of carbonyl (C=O) groups excluding carboxylic acids is 1. The SMILES string of the molecule is Cn1c(S[C@@H](C(=O)N2CCOCC2)c2ccccc2)nnc1-c1ccccc1F. The first-order chi connectivity index (χ1) is 14.1. The van der Waals surface area contributed by atoms with Crippen molar-refractivity contribution in [2.24, 2.45) is 7.05 Å². The van der Waals surface area contributed by atoms with Crippen molar-refractivity contribution in [1.82, 2.24) is 19.7 Å². The van der Waals surface area contributed by atoms with Gasteiger partial charge in [0.25, 0.3) is 0 Å². The topological polar surface area (TPSA) is 60.2 Å². The molecule has 2 aromatic carbocycles. The van der Waals surface area contributed by atoms with Crippen LogP contribution in [0.3, 0.4) is 0 Å². The number of hydrogen-bond donors (Lipinski definition) is 0. The maximum atomic E-state index is 14.2. The van der Waals surface area contributed by atoms with Crippen molar-refractivity contribution in [2.45, 2.75) is 10.4 Å². The Morgan fingerprint density at radius 1 is 1.07 bits per heavy atom. The number of amides is 1. The molecule has 0 spiro atoms. The van der Waals surface area contributed by atoms with Gasteiger partial charge in [0.1, 0.15) is 11.1 Å². The lowest BCUT2D eigenvalue weighted by Gasteiger charge is -2.30. The average molecular weight is 412 g/mol. The summed E-state index contributed by atoms with van der Waals surface area (Å²) in [4.78, 5) is 15.1. The van der Waals surface area contributed by atoms with Crippen molar-refractivity contribution in [3.63, 3.8) is 0 Å². The second-order valence-corrected chi connectivity index (χ2v) is 7.76. The monoisotopic (exact) mass is 412 g/mol. The molecule has 1 aromatic heterocycles. The number of halogens is 1.